The van der Waals surface area contributed by atoms with E-state index in [-0.39, 0.29) is 5.91 Å². The highest BCUT2D eigenvalue weighted by Crippen LogP contribution is 2.28. The number of nitrogens with one attached hydrogen (secondary N) is 1. The second-order valence-electron chi connectivity index (χ2n) is 8.82. The molecule has 1 fully saturated rings. The highest BCUT2D eigenvalue weighted by atomic mass is 16.5. The van der Waals surface area contributed by atoms with Crippen molar-refractivity contribution in [2.75, 3.05) is 44.9 Å². The number of rotatable bonds is 9. The van der Waals surface area contributed by atoms with E-state index in [1.54, 1.807) is 22.9 Å². The molecule has 1 aliphatic heterocycles. The molecule has 1 amide bonds. The number of aromatic nitrogens is 2. The summed E-state index contributed by atoms with van der Waals surface area (Å²) in [5.74, 6) is 1.18. The highest BCUT2D eigenvalue weighted by Gasteiger charge is 2.22. The third-order valence-corrected chi connectivity index (χ3v) is 5.84. The van der Waals surface area contributed by atoms with Crippen molar-refractivity contribution in [2.24, 2.45) is 13.0 Å². The molecule has 2 heterocycles. The molecule has 8 nitrogen and oxygen atoms in total. The normalized spacial score (nSPS) is 15.0. The van der Waals surface area contributed by atoms with Crippen molar-refractivity contribution < 1.29 is 9.53 Å². The molecule has 0 spiro atoms. The van der Waals surface area contributed by atoms with E-state index in [0.29, 0.717) is 35.6 Å². The standard InChI is InChI=1S/C24H34N6O2/c1-18(2)16-30(24-26-22(15-25)17-28(24)3)27-23(31)21-7-5-19(6-8-21)20-9-11-29(12-10-20)13-14-32-4/h5-8,17-18,20H,9-14,16H2,1-4H3,(H,27,31). The minimum absolute atomic E-state index is 0.187. The Labute approximate surface area is 190 Å². The van der Waals surface area contributed by atoms with Crippen LogP contribution >= 0.6 is 0 Å². The molecule has 0 bridgehead atoms. The van der Waals surface area contributed by atoms with Gasteiger partial charge in [0.15, 0.2) is 5.69 Å². The number of piperidine rings is 1. The second kappa shape index (κ2) is 11.1. The molecule has 0 atom stereocenters. The predicted octanol–water partition coefficient (Wildman–Crippen LogP) is 2.92. The van der Waals surface area contributed by atoms with Gasteiger partial charge in [0.25, 0.3) is 5.91 Å². The number of aryl methyl sites for hydroxylation is 1. The Balaban J connectivity index is 1.64. The zero-order valence-corrected chi connectivity index (χ0v) is 19.5. The van der Waals surface area contributed by atoms with Gasteiger partial charge in [-0.25, -0.2) is 4.98 Å². The third-order valence-electron chi connectivity index (χ3n) is 5.84. The molecule has 0 radical (unpaired) electrons. The fourth-order valence-electron chi connectivity index (χ4n) is 4.11. The number of imidazole rings is 1. The summed E-state index contributed by atoms with van der Waals surface area (Å²) in [6.45, 7) is 8.65. The van der Waals surface area contributed by atoms with Crippen molar-refractivity contribution in [3.05, 3.63) is 47.3 Å². The van der Waals surface area contributed by atoms with Gasteiger partial charge in [0, 0.05) is 39.0 Å². The van der Waals surface area contributed by atoms with Gasteiger partial charge >= 0.3 is 0 Å². The molecular weight excluding hydrogens is 404 g/mol. The van der Waals surface area contributed by atoms with E-state index < -0.39 is 0 Å². The minimum atomic E-state index is -0.187. The first-order valence-electron chi connectivity index (χ1n) is 11.2. The maximum absolute atomic E-state index is 13.0. The van der Waals surface area contributed by atoms with Crippen molar-refractivity contribution in [1.82, 2.24) is 19.9 Å². The zero-order chi connectivity index (χ0) is 23.1. The smallest absolute Gasteiger partial charge is 0.269 e. The van der Waals surface area contributed by atoms with Crippen LogP contribution in [0.3, 0.4) is 0 Å². The van der Waals surface area contributed by atoms with Gasteiger partial charge in [-0.15, -0.1) is 0 Å². The number of nitriles is 1. The number of hydrogen-bond acceptors (Lipinski definition) is 6. The van der Waals surface area contributed by atoms with Crippen LogP contribution in [0.4, 0.5) is 5.95 Å². The van der Waals surface area contributed by atoms with Gasteiger partial charge in [-0.05, 0) is 55.5 Å². The molecule has 0 aliphatic carbocycles. The average Bonchev–Trinajstić information content (AvgIpc) is 3.18. The first-order chi connectivity index (χ1) is 15.4. The van der Waals surface area contributed by atoms with Gasteiger partial charge in [0.05, 0.1) is 6.61 Å². The molecule has 8 heteroatoms. The summed E-state index contributed by atoms with van der Waals surface area (Å²) >= 11 is 0. The second-order valence-corrected chi connectivity index (χ2v) is 8.82. The van der Waals surface area contributed by atoms with E-state index in [1.165, 1.54) is 5.56 Å². The van der Waals surface area contributed by atoms with E-state index >= 15 is 0 Å². The zero-order valence-electron chi connectivity index (χ0n) is 19.5. The predicted molar refractivity (Wildman–Crippen MR) is 124 cm³/mol. The lowest BCUT2D eigenvalue weighted by Crippen LogP contribution is -2.45. The van der Waals surface area contributed by atoms with Crippen LogP contribution in [0.25, 0.3) is 0 Å². The van der Waals surface area contributed by atoms with Gasteiger partial charge in [-0.3, -0.25) is 15.2 Å². The van der Waals surface area contributed by atoms with Crippen LogP contribution in [0.1, 0.15) is 54.2 Å². The fourth-order valence-corrected chi connectivity index (χ4v) is 4.11. The molecule has 2 aromatic rings. The van der Waals surface area contributed by atoms with Crippen LogP contribution in [-0.2, 0) is 11.8 Å². The van der Waals surface area contributed by atoms with E-state index in [2.05, 4.69) is 47.4 Å². The Kier molecular flexibility index (Phi) is 8.26. The molecule has 32 heavy (non-hydrogen) atoms. The maximum atomic E-state index is 13.0. The molecule has 172 valence electrons. The number of benzene rings is 1. The van der Waals surface area contributed by atoms with E-state index in [9.17, 15) is 4.79 Å². The van der Waals surface area contributed by atoms with E-state index in [1.807, 2.05) is 19.2 Å². The summed E-state index contributed by atoms with van der Waals surface area (Å²) in [5.41, 5.74) is 5.18. The Bertz CT molecular complexity index is 923. The summed E-state index contributed by atoms with van der Waals surface area (Å²) < 4.78 is 6.93. The number of nitrogens with zero attached hydrogens (tertiary/aromatic N) is 5. The molecule has 0 unspecified atom stereocenters. The SMILES string of the molecule is COCCN1CCC(c2ccc(C(=O)NN(CC(C)C)c3nc(C#N)cn3C)cc2)CC1. The van der Waals surface area contributed by atoms with Crippen LogP contribution in [-0.4, -0.2) is 60.3 Å². The summed E-state index contributed by atoms with van der Waals surface area (Å²) in [5, 5.41) is 10.9. The number of methoxy groups -OCH3 is 1. The Morgan fingerprint density at radius 1 is 1.31 bits per heavy atom. The topological polar surface area (TPSA) is 86.4 Å². The van der Waals surface area contributed by atoms with Crippen molar-refractivity contribution in [1.29, 1.82) is 5.26 Å². The molecule has 1 aliphatic rings. The fraction of sp³-hybridized carbons (Fsp3) is 0.542. The van der Waals surface area contributed by atoms with Crippen molar-refractivity contribution >= 4 is 11.9 Å². The van der Waals surface area contributed by atoms with Crippen LogP contribution in [0.5, 0.6) is 0 Å². The Morgan fingerprint density at radius 3 is 2.56 bits per heavy atom. The third kappa shape index (κ3) is 6.09. The molecule has 1 aromatic carbocycles. The summed E-state index contributed by atoms with van der Waals surface area (Å²) in [7, 11) is 3.56. The number of carbonyl (C=O) groups excluding carboxylic acids is 1. The number of likely N-dealkylation sites (tertiary alicyclic amines) is 1. The Morgan fingerprint density at radius 2 is 2.00 bits per heavy atom. The van der Waals surface area contributed by atoms with Gasteiger partial charge in [-0.1, -0.05) is 26.0 Å². The lowest BCUT2D eigenvalue weighted by Gasteiger charge is -2.32. The number of carbonyl (C=O) groups is 1. The first kappa shape index (κ1) is 23.8. The molecule has 0 saturated carbocycles. The quantitative estimate of drug-likeness (QED) is 0.606. The number of hydrogen-bond donors (Lipinski definition) is 1. The summed E-state index contributed by atoms with van der Waals surface area (Å²) in [4.78, 5) is 19.7. The maximum Gasteiger partial charge on any atom is 0.269 e. The molecular formula is C24H34N6O2. The molecule has 1 N–H and O–H groups in total. The minimum Gasteiger partial charge on any atom is -0.383 e. The van der Waals surface area contributed by atoms with Gasteiger partial charge in [-0.2, -0.15) is 5.26 Å². The summed E-state index contributed by atoms with van der Waals surface area (Å²) in [6, 6.07) is 10.00. The van der Waals surface area contributed by atoms with Crippen LogP contribution in [0, 0.1) is 17.2 Å². The van der Waals surface area contributed by atoms with E-state index in [0.717, 1.165) is 39.1 Å². The monoisotopic (exact) mass is 438 g/mol. The number of hydrazine groups is 1. The number of anilines is 1. The van der Waals surface area contributed by atoms with Gasteiger partial charge in [0.1, 0.15) is 6.07 Å². The number of amides is 1. The highest BCUT2D eigenvalue weighted by molar-refractivity contribution is 5.95. The van der Waals surface area contributed by atoms with Crippen molar-refractivity contribution in [2.45, 2.75) is 32.6 Å². The van der Waals surface area contributed by atoms with Gasteiger partial charge < -0.3 is 14.2 Å². The van der Waals surface area contributed by atoms with Crippen molar-refractivity contribution in [3.63, 3.8) is 0 Å². The lowest BCUT2D eigenvalue weighted by molar-refractivity contribution is 0.0946. The molecule has 3 rings (SSSR count). The van der Waals surface area contributed by atoms with Crippen LogP contribution in [0.2, 0.25) is 0 Å². The lowest BCUT2D eigenvalue weighted by atomic mass is 9.89. The molecule has 1 aromatic heterocycles. The molecule has 1 saturated heterocycles. The van der Waals surface area contributed by atoms with Crippen LogP contribution < -0.4 is 10.4 Å². The van der Waals surface area contributed by atoms with Crippen LogP contribution in [0.15, 0.2) is 30.5 Å². The van der Waals surface area contributed by atoms with Gasteiger partial charge in [0.2, 0.25) is 5.95 Å². The Hall–Kier alpha value is -2.89. The largest absolute Gasteiger partial charge is 0.383 e. The summed E-state index contributed by atoms with van der Waals surface area (Å²) in [6.07, 6.45) is 3.90. The van der Waals surface area contributed by atoms with Crippen molar-refractivity contribution in [3.8, 4) is 6.07 Å². The van der Waals surface area contributed by atoms with E-state index in [4.69, 9.17) is 10.00 Å². The number of ether oxygens (including phenoxy) is 1. The average molecular weight is 439 g/mol. The first-order valence-corrected chi connectivity index (χ1v) is 11.2.